The maximum atomic E-state index is 11.9. The van der Waals surface area contributed by atoms with E-state index < -0.39 is 21.9 Å². The van der Waals surface area contributed by atoms with Crippen molar-refractivity contribution in [1.82, 2.24) is 5.43 Å². The fourth-order valence-corrected chi connectivity index (χ4v) is 2.33. The third kappa shape index (κ3) is 5.52. The maximum Gasteiger partial charge on any atom is 0.308 e. The molecule has 0 radical (unpaired) electrons. The molecular formula is C16H15N3O5S. The highest BCUT2D eigenvalue weighted by atomic mass is 32.2. The first kappa shape index (κ1) is 18.3. The third-order valence-corrected chi connectivity index (χ3v) is 3.90. The van der Waals surface area contributed by atoms with Crippen molar-refractivity contribution in [2.75, 3.05) is 0 Å². The molecular weight excluding hydrogens is 346 g/mol. The lowest BCUT2D eigenvalue weighted by molar-refractivity contribution is -0.131. The van der Waals surface area contributed by atoms with Gasteiger partial charge >= 0.3 is 5.97 Å². The van der Waals surface area contributed by atoms with Gasteiger partial charge in [0.05, 0.1) is 11.1 Å². The minimum Gasteiger partial charge on any atom is -0.427 e. The molecule has 0 fully saturated rings. The number of rotatable bonds is 5. The summed E-state index contributed by atoms with van der Waals surface area (Å²) in [5.74, 6) is -0.514. The Bertz CT molecular complexity index is 904. The number of sulfonamides is 1. The van der Waals surface area contributed by atoms with Gasteiger partial charge < -0.3 is 4.74 Å². The van der Waals surface area contributed by atoms with E-state index in [4.69, 9.17) is 9.88 Å². The topological polar surface area (TPSA) is 128 Å². The van der Waals surface area contributed by atoms with Gasteiger partial charge in [0.2, 0.25) is 10.0 Å². The molecule has 8 nitrogen and oxygen atoms in total. The summed E-state index contributed by atoms with van der Waals surface area (Å²) in [4.78, 5) is 22.6. The zero-order valence-electron chi connectivity index (χ0n) is 13.2. The van der Waals surface area contributed by atoms with Crippen LogP contribution < -0.4 is 15.3 Å². The number of nitrogens with two attached hydrogens (primary N) is 1. The van der Waals surface area contributed by atoms with Crippen molar-refractivity contribution < 1.29 is 22.7 Å². The van der Waals surface area contributed by atoms with E-state index in [9.17, 15) is 18.0 Å². The number of carbonyl (C=O) groups excluding carboxylic acids is 2. The zero-order valence-corrected chi connectivity index (χ0v) is 14.0. The van der Waals surface area contributed by atoms with Crippen LogP contribution in [0.5, 0.6) is 5.75 Å². The van der Waals surface area contributed by atoms with Crippen molar-refractivity contribution in [2.45, 2.75) is 11.8 Å². The molecule has 0 spiro atoms. The number of hydrazone groups is 1. The molecule has 3 N–H and O–H groups in total. The van der Waals surface area contributed by atoms with E-state index in [2.05, 4.69) is 10.5 Å². The molecule has 9 heteroatoms. The summed E-state index contributed by atoms with van der Waals surface area (Å²) in [5, 5.41) is 8.79. The van der Waals surface area contributed by atoms with Crippen LogP contribution in [0.3, 0.4) is 0 Å². The van der Waals surface area contributed by atoms with Gasteiger partial charge in [-0.3, -0.25) is 9.59 Å². The van der Waals surface area contributed by atoms with E-state index in [1.807, 2.05) is 0 Å². The van der Waals surface area contributed by atoms with Crippen molar-refractivity contribution in [3.63, 3.8) is 0 Å². The number of esters is 1. The Balaban J connectivity index is 1.97. The number of nitrogens with one attached hydrogen (secondary N) is 1. The Labute approximate surface area is 144 Å². The Morgan fingerprint density at radius 3 is 2.20 bits per heavy atom. The highest BCUT2D eigenvalue weighted by molar-refractivity contribution is 7.89. The lowest BCUT2D eigenvalue weighted by Crippen LogP contribution is -2.18. The predicted molar refractivity (Wildman–Crippen MR) is 90.6 cm³/mol. The lowest BCUT2D eigenvalue weighted by atomic mass is 10.2. The monoisotopic (exact) mass is 361 g/mol. The first-order valence-corrected chi connectivity index (χ1v) is 8.55. The van der Waals surface area contributed by atoms with E-state index in [0.717, 1.165) is 0 Å². The number of carbonyl (C=O) groups is 2. The molecule has 0 bridgehead atoms. The Morgan fingerprint density at radius 2 is 1.68 bits per heavy atom. The summed E-state index contributed by atoms with van der Waals surface area (Å²) in [6, 6.07) is 11.6. The predicted octanol–water partition coefficient (Wildman–Crippen LogP) is 1.02. The van der Waals surface area contributed by atoms with E-state index in [0.29, 0.717) is 11.3 Å². The van der Waals surface area contributed by atoms with Crippen molar-refractivity contribution >= 4 is 28.1 Å². The fraction of sp³-hybridized carbons (Fsp3) is 0.0625. The summed E-state index contributed by atoms with van der Waals surface area (Å²) >= 11 is 0. The smallest absolute Gasteiger partial charge is 0.308 e. The van der Waals surface area contributed by atoms with Gasteiger partial charge in [0, 0.05) is 12.5 Å². The van der Waals surface area contributed by atoms with Crippen LogP contribution in [-0.4, -0.2) is 26.5 Å². The van der Waals surface area contributed by atoms with Crippen molar-refractivity contribution in [1.29, 1.82) is 0 Å². The van der Waals surface area contributed by atoms with Crippen LogP contribution in [0.2, 0.25) is 0 Å². The summed E-state index contributed by atoms with van der Waals surface area (Å²) in [6.45, 7) is 1.31. The number of primary sulfonamides is 1. The summed E-state index contributed by atoms with van der Waals surface area (Å²) < 4.78 is 27.2. The van der Waals surface area contributed by atoms with E-state index in [1.54, 1.807) is 24.3 Å². The van der Waals surface area contributed by atoms with Gasteiger partial charge in [-0.15, -0.1) is 0 Å². The second-order valence-corrected chi connectivity index (χ2v) is 6.49. The molecule has 0 atom stereocenters. The van der Waals surface area contributed by atoms with Gasteiger partial charge in [-0.1, -0.05) is 0 Å². The maximum absolute atomic E-state index is 11.9. The van der Waals surface area contributed by atoms with E-state index in [-0.39, 0.29) is 10.5 Å². The van der Waals surface area contributed by atoms with Crippen LogP contribution in [0.25, 0.3) is 0 Å². The largest absolute Gasteiger partial charge is 0.427 e. The number of hydrogen-bond donors (Lipinski definition) is 2. The number of hydrogen-bond acceptors (Lipinski definition) is 6. The average molecular weight is 361 g/mol. The average Bonchev–Trinajstić information content (AvgIpc) is 2.55. The quantitative estimate of drug-likeness (QED) is 0.356. The molecule has 0 heterocycles. The molecule has 0 saturated heterocycles. The van der Waals surface area contributed by atoms with Gasteiger partial charge in [-0.2, -0.15) is 5.10 Å². The van der Waals surface area contributed by atoms with Crippen molar-refractivity contribution in [2.24, 2.45) is 10.2 Å². The number of ether oxygens (including phenoxy) is 1. The zero-order chi connectivity index (χ0) is 18.4. The molecule has 0 aliphatic heterocycles. The molecule has 2 rings (SSSR count). The van der Waals surface area contributed by atoms with E-state index in [1.165, 1.54) is 37.4 Å². The Kier molecular flexibility index (Phi) is 5.63. The third-order valence-electron chi connectivity index (χ3n) is 2.97. The summed E-state index contributed by atoms with van der Waals surface area (Å²) in [6.07, 6.45) is 1.41. The molecule has 2 aromatic rings. The SMILES string of the molecule is CC(=O)Oc1ccc(C=NNC(=O)c2ccc(S(N)(=O)=O)cc2)cc1. The van der Waals surface area contributed by atoms with E-state index >= 15 is 0 Å². The van der Waals surface area contributed by atoms with Gasteiger partial charge in [-0.25, -0.2) is 19.0 Å². The van der Waals surface area contributed by atoms with Crippen LogP contribution in [0.15, 0.2) is 58.5 Å². The summed E-state index contributed by atoms with van der Waals surface area (Å²) in [7, 11) is -3.80. The second kappa shape index (κ2) is 7.69. The molecule has 0 aromatic heterocycles. The van der Waals surface area contributed by atoms with Gasteiger partial charge in [0.1, 0.15) is 5.75 Å². The lowest BCUT2D eigenvalue weighted by Gasteiger charge is -2.02. The van der Waals surface area contributed by atoms with Gasteiger partial charge in [0.15, 0.2) is 0 Å². The number of amides is 1. The Morgan fingerprint density at radius 1 is 1.08 bits per heavy atom. The minimum atomic E-state index is -3.80. The highest BCUT2D eigenvalue weighted by Crippen LogP contribution is 2.11. The molecule has 0 unspecified atom stereocenters. The molecule has 2 aromatic carbocycles. The first-order chi connectivity index (χ1) is 11.8. The van der Waals surface area contributed by atoms with Crippen LogP contribution in [0.4, 0.5) is 0 Å². The minimum absolute atomic E-state index is 0.0829. The van der Waals surface area contributed by atoms with Crippen molar-refractivity contribution in [3.8, 4) is 5.75 Å². The fourth-order valence-electron chi connectivity index (χ4n) is 1.81. The molecule has 0 saturated carbocycles. The normalized spacial score (nSPS) is 11.3. The number of benzene rings is 2. The van der Waals surface area contributed by atoms with Crippen LogP contribution in [0, 0.1) is 0 Å². The molecule has 130 valence electrons. The summed E-state index contributed by atoms with van der Waals surface area (Å²) in [5.41, 5.74) is 3.23. The first-order valence-electron chi connectivity index (χ1n) is 7.00. The van der Waals surface area contributed by atoms with Crippen LogP contribution >= 0.6 is 0 Å². The van der Waals surface area contributed by atoms with Crippen LogP contribution in [-0.2, 0) is 14.8 Å². The number of nitrogens with zero attached hydrogens (tertiary/aromatic N) is 1. The standard InChI is InChI=1S/C16H15N3O5S/c1-11(20)24-14-6-2-12(3-7-14)10-18-19-16(21)13-4-8-15(9-5-13)25(17,22)23/h2-10H,1H3,(H,19,21)(H2,17,22,23). The molecule has 0 aliphatic carbocycles. The second-order valence-electron chi connectivity index (χ2n) is 4.93. The van der Waals surface area contributed by atoms with Crippen LogP contribution in [0.1, 0.15) is 22.8 Å². The van der Waals surface area contributed by atoms with Gasteiger partial charge in [0.25, 0.3) is 5.91 Å². The highest BCUT2D eigenvalue weighted by Gasteiger charge is 2.09. The van der Waals surface area contributed by atoms with Crippen molar-refractivity contribution in [3.05, 3.63) is 59.7 Å². The molecule has 0 aliphatic rings. The molecule has 25 heavy (non-hydrogen) atoms. The molecule has 1 amide bonds. The Hall–Kier alpha value is -3.04. The van der Waals surface area contributed by atoms with Gasteiger partial charge in [-0.05, 0) is 54.1 Å².